The van der Waals surface area contributed by atoms with Crippen LogP contribution in [-0.2, 0) is 4.79 Å². The molecule has 1 aromatic carbocycles. The average Bonchev–Trinajstić information content (AvgIpc) is 2.78. The molecule has 1 aliphatic heterocycles. The van der Waals surface area contributed by atoms with Crippen molar-refractivity contribution in [2.24, 2.45) is 0 Å². The first kappa shape index (κ1) is 17.8. The third-order valence-corrected chi connectivity index (χ3v) is 4.51. The minimum absolute atomic E-state index is 0.0934. The van der Waals surface area contributed by atoms with Crippen molar-refractivity contribution in [1.82, 2.24) is 4.90 Å². The highest BCUT2D eigenvalue weighted by Gasteiger charge is 2.13. The van der Waals surface area contributed by atoms with Gasteiger partial charge in [0, 0.05) is 24.0 Å². The maximum absolute atomic E-state index is 12.2. The molecule has 0 radical (unpaired) electrons. The van der Waals surface area contributed by atoms with E-state index < -0.39 is 0 Å². The van der Waals surface area contributed by atoms with Crippen LogP contribution in [0.5, 0.6) is 0 Å². The fraction of sp³-hybridized carbons (Fsp3) is 0.632. The number of anilines is 2. The average molecular weight is 317 g/mol. The molecule has 0 bridgehead atoms. The molecule has 1 amide bonds. The summed E-state index contributed by atoms with van der Waals surface area (Å²) >= 11 is 0. The van der Waals surface area contributed by atoms with Gasteiger partial charge in [0.2, 0.25) is 5.91 Å². The highest BCUT2D eigenvalue weighted by Crippen LogP contribution is 2.20. The van der Waals surface area contributed by atoms with Gasteiger partial charge in [0.15, 0.2) is 0 Å². The van der Waals surface area contributed by atoms with Crippen LogP contribution in [0.25, 0.3) is 0 Å². The fourth-order valence-electron chi connectivity index (χ4n) is 3.28. The molecule has 1 fully saturated rings. The van der Waals surface area contributed by atoms with E-state index in [1.54, 1.807) is 0 Å². The minimum Gasteiger partial charge on any atom is -0.369 e. The summed E-state index contributed by atoms with van der Waals surface area (Å²) in [7, 11) is 0. The smallest absolute Gasteiger partial charge is 0.238 e. The molecule has 1 saturated heterocycles. The van der Waals surface area contributed by atoms with Crippen molar-refractivity contribution in [2.75, 3.05) is 36.4 Å². The molecule has 0 aliphatic carbocycles. The molecular weight excluding hydrogens is 286 g/mol. The van der Waals surface area contributed by atoms with E-state index in [0.29, 0.717) is 12.6 Å². The van der Waals surface area contributed by atoms with Crippen LogP contribution in [0, 0.1) is 0 Å². The summed E-state index contributed by atoms with van der Waals surface area (Å²) in [6.45, 7) is 10.1. The number of rotatable bonds is 6. The molecule has 1 heterocycles. The number of hydrogen-bond donors (Lipinski definition) is 1. The molecule has 4 nitrogen and oxygen atoms in total. The highest BCUT2D eigenvalue weighted by atomic mass is 16.2. The van der Waals surface area contributed by atoms with Gasteiger partial charge in [-0.2, -0.15) is 0 Å². The van der Waals surface area contributed by atoms with Gasteiger partial charge in [-0.25, -0.2) is 0 Å². The summed E-state index contributed by atoms with van der Waals surface area (Å²) in [5, 5.41) is 3.02. The van der Waals surface area contributed by atoms with Gasteiger partial charge in [-0.3, -0.25) is 9.69 Å². The zero-order chi connectivity index (χ0) is 16.7. The standard InChI is InChI=1S/C19H31N3O/c1-4-22(16(2)3)18-11-9-17(10-12-18)20-19(23)15-21-13-7-5-6-8-14-21/h9-12,16H,4-8,13-15H2,1-3H3,(H,20,23). The lowest BCUT2D eigenvalue weighted by Gasteiger charge is -2.27. The van der Waals surface area contributed by atoms with E-state index >= 15 is 0 Å². The van der Waals surface area contributed by atoms with Crippen LogP contribution < -0.4 is 10.2 Å². The molecule has 1 aromatic rings. The molecule has 4 heteroatoms. The predicted octanol–water partition coefficient (Wildman–Crippen LogP) is 3.74. The lowest BCUT2D eigenvalue weighted by atomic mass is 10.2. The molecule has 1 N–H and O–H groups in total. The van der Waals surface area contributed by atoms with Gasteiger partial charge in [-0.15, -0.1) is 0 Å². The largest absolute Gasteiger partial charge is 0.369 e. The topological polar surface area (TPSA) is 35.6 Å². The number of benzene rings is 1. The summed E-state index contributed by atoms with van der Waals surface area (Å²) in [6, 6.07) is 8.65. The van der Waals surface area contributed by atoms with E-state index in [0.717, 1.165) is 25.3 Å². The Morgan fingerprint density at radius 1 is 1.13 bits per heavy atom. The molecule has 1 aliphatic rings. The summed E-state index contributed by atoms with van der Waals surface area (Å²) < 4.78 is 0. The van der Waals surface area contributed by atoms with Gasteiger partial charge in [-0.1, -0.05) is 12.8 Å². The number of carbonyl (C=O) groups is 1. The zero-order valence-electron chi connectivity index (χ0n) is 14.8. The Balaban J connectivity index is 1.88. The van der Waals surface area contributed by atoms with Crippen molar-refractivity contribution in [3.8, 4) is 0 Å². The lowest BCUT2D eigenvalue weighted by molar-refractivity contribution is -0.117. The lowest BCUT2D eigenvalue weighted by Crippen LogP contribution is -2.34. The second-order valence-corrected chi connectivity index (χ2v) is 6.67. The zero-order valence-corrected chi connectivity index (χ0v) is 14.8. The van der Waals surface area contributed by atoms with Gasteiger partial charge in [0.25, 0.3) is 0 Å². The Hall–Kier alpha value is -1.55. The second-order valence-electron chi connectivity index (χ2n) is 6.67. The minimum atomic E-state index is 0.0934. The van der Waals surface area contributed by atoms with Crippen LogP contribution in [0.3, 0.4) is 0 Å². The van der Waals surface area contributed by atoms with Crippen LogP contribution >= 0.6 is 0 Å². The van der Waals surface area contributed by atoms with Crippen molar-refractivity contribution in [2.45, 2.75) is 52.5 Å². The quantitative estimate of drug-likeness (QED) is 0.868. The molecule has 0 atom stereocenters. The summed E-state index contributed by atoms with van der Waals surface area (Å²) in [6.07, 6.45) is 5.01. The summed E-state index contributed by atoms with van der Waals surface area (Å²) in [4.78, 5) is 16.8. The second kappa shape index (κ2) is 8.92. The number of nitrogens with one attached hydrogen (secondary N) is 1. The first-order valence-corrected chi connectivity index (χ1v) is 8.99. The molecule has 0 saturated carbocycles. The van der Waals surface area contributed by atoms with E-state index in [-0.39, 0.29) is 5.91 Å². The Morgan fingerprint density at radius 2 is 1.74 bits per heavy atom. The summed E-state index contributed by atoms with van der Waals surface area (Å²) in [5.74, 6) is 0.0934. The maximum Gasteiger partial charge on any atom is 0.238 e. The molecule has 2 rings (SSSR count). The van der Waals surface area contributed by atoms with Gasteiger partial charge in [-0.05, 0) is 71.0 Å². The third-order valence-electron chi connectivity index (χ3n) is 4.51. The van der Waals surface area contributed by atoms with E-state index in [1.807, 2.05) is 12.1 Å². The summed E-state index contributed by atoms with van der Waals surface area (Å²) in [5.41, 5.74) is 2.08. The monoisotopic (exact) mass is 317 g/mol. The van der Waals surface area contributed by atoms with Crippen molar-refractivity contribution in [1.29, 1.82) is 0 Å². The molecule has 23 heavy (non-hydrogen) atoms. The van der Waals surface area contributed by atoms with Gasteiger partial charge in [0.1, 0.15) is 0 Å². The number of carbonyl (C=O) groups excluding carboxylic acids is 1. The van der Waals surface area contributed by atoms with Crippen molar-refractivity contribution < 1.29 is 4.79 Å². The van der Waals surface area contributed by atoms with Crippen molar-refractivity contribution in [3.63, 3.8) is 0 Å². The SMILES string of the molecule is CCN(c1ccc(NC(=O)CN2CCCCCC2)cc1)C(C)C. The van der Waals surface area contributed by atoms with Crippen molar-refractivity contribution >= 4 is 17.3 Å². The Morgan fingerprint density at radius 3 is 2.26 bits per heavy atom. The molecule has 0 unspecified atom stereocenters. The maximum atomic E-state index is 12.2. The normalized spacial score (nSPS) is 16.2. The number of amides is 1. The van der Waals surface area contributed by atoms with Crippen LogP contribution in [0.2, 0.25) is 0 Å². The fourth-order valence-corrected chi connectivity index (χ4v) is 3.28. The molecule has 128 valence electrons. The predicted molar refractivity (Wildman–Crippen MR) is 98.1 cm³/mol. The Bertz CT molecular complexity index is 476. The first-order chi connectivity index (χ1) is 11.1. The van der Waals surface area contributed by atoms with Crippen LogP contribution in [0.4, 0.5) is 11.4 Å². The Kier molecular flexibility index (Phi) is 6.90. The van der Waals surface area contributed by atoms with E-state index in [2.05, 4.69) is 48.0 Å². The number of likely N-dealkylation sites (tertiary alicyclic amines) is 1. The molecule has 0 spiro atoms. The van der Waals surface area contributed by atoms with E-state index in [9.17, 15) is 4.79 Å². The van der Waals surface area contributed by atoms with Gasteiger partial charge >= 0.3 is 0 Å². The Labute approximate surface area is 140 Å². The van der Waals surface area contributed by atoms with Crippen LogP contribution in [0.1, 0.15) is 46.5 Å². The van der Waals surface area contributed by atoms with E-state index in [4.69, 9.17) is 0 Å². The van der Waals surface area contributed by atoms with Gasteiger partial charge < -0.3 is 10.2 Å². The highest BCUT2D eigenvalue weighted by molar-refractivity contribution is 5.92. The van der Waals surface area contributed by atoms with Crippen LogP contribution in [-0.4, -0.2) is 43.0 Å². The number of nitrogens with zero attached hydrogens (tertiary/aromatic N) is 2. The first-order valence-electron chi connectivity index (χ1n) is 8.99. The molecular formula is C19H31N3O. The van der Waals surface area contributed by atoms with E-state index in [1.165, 1.54) is 31.4 Å². The third kappa shape index (κ3) is 5.54. The van der Waals surface area contributed by atoms with Crippen LogP contribution in [0.15, 0.2) is 24.3 Å². The van der Waals surface area contributed by atoms with Gasteiger partial charge in [0.05, 0.1) is 6.54 Å². The number of hydrogen-bond acceptors (Lipinski definition) is 3. The molecule has 0 aromatic heterocycles. The van der Waals surface area contributed by atoms with Crippen molar-refractivity contribution in [3.05, 3.63) is 24.3 Å².